The molecule has 15 atom stereocenters. The maximum atomic E-state index is 16.9. The van der Waals surface area contributed by atoms with Crippen molar-refractivity contribution in [2.75, 3.05) is 46.1 Å². The third-order valence-electron chi connectivity index (χ3n) is 27.5. The summed E-state index contributed by atoms with van der Waals surface area (Å²) in [4.78, 5) is 45.7. The number of ether oxygens (including phenoxy) is 1. The molecule has 7 unspecified atom stereocenters. The van der Waals surface area contributed by atoms with Gasteiger partial charge in [0.15, 0.2) is 0 Å². The van der Waals surface area contributed by atoms with Crippen LogP contribution >= 0.6 is 0 Å². The third kappa shape index (κ3) is 9.69. The Labute approximate surface area is 517 Å². The SMILES string of the molecule is CCOC[C@]12CC3(C(=O)NC4CCC(CN)CC4)CC(C[C@](c4ccccc4)(C3)C1)C2c1ccc([C@@]23CC4(C(=O)NC5CCC(CN)CC5)CC(c5ccc([C@]67CC8CC(C(=O)N[C@H]9CCNC[C@@H]9F)(C[C@](C)(C8)C6)C7)cc5)(C[C@@](CF)(C4)C2)C3)cc1. The highest BCUT2D eigenvalue weighted by Crippen LogP contribution is 2.77. The van der Waals surface area contributed by atoms with Gasteiger partial charge in [-0.05, 0) is 278 Å². The predicted molar refractivity (Wildman–Crippen MR) is 337 cm³/mol. The Kier molecular flexibility index (Phi) is 14.6. The van der Waals surface area contributed by atoms with Gasteiger partial charge in [0.25, 0.3) is 0 Å². The molecule has 15 aliphatic rings. The quantitative estimate of drug-likeness (QED) is 0.0784. The highest BCUT2D eigenvalue weighted by Gasteiger charge is 2.73. The number of alkyl halides is 2. The summed E-state index contributed by atoms with van der Waals surface area (Å²) in [5.41, 5.74) is 15.0. The highest BCUT2D eigenvalue weighted by molar-refractivity contribution is 5.86. The van der Waals surface area contributed by atoms with Crippen LogP contribution in [0.15, 0.2) is 78.9 Å². The molecule has 87 heavy (non-hydrogen) atoms. The molecule has 14 aliphatic carbocycles. The summed E-state index contributed by atoms with van der Waals surface area (Å²) in [6.45, 7) is 7.70. The number of nitrogens with one attached hydrogen (secondary N) is 4. The van der Waals surface area contributed by atoms with E-state index in [2.05, 4.69) is 114 Å². The molecule has 15 fully saturated rings. The van der Waals surface area contributed by atoms with Gasteiger partial charge in [0.05, 0.1) is 35.6 Å². The van der Waals surface area contributed by atoms with Crippen LogP contribution in [0.25, 0.3) is 0 Å². The second kappa shape index (κ2) is 21.4. The molecule has 0 aromatic heterocycles. The fraction of sp³-hybridized carbons (Fsp3) is 0.720. The summed E-state index contributed by atoms with van der Waals surface area (Å²) in [7, 11) is 0. The van der Waals surface area contributed by atoms with Gasteiger partial charge in [0, 0.05) is 36.1 Å². The van der Waals surface area contributed by atoms with Gasteiger partial charge in [-0.25, -0.2) is 4.39 Å². The molecule has 3 aromatic carbocycles. The van der Waals surface area contributed by atoms with E-state index in [1.807, 2.05) is 0 Å². The number of hydrogen-bond donors (Lipinski definition) is 6. The van der Waals surface area contributed by atoms with Crippen molar-refractivity contribution in [1.82, 2.24) is 21.3 Å². The van der Waals surface area contributed by atoms with Gasteiger partial charge in [-0.1, -0.05) is 85.8 Å². The van der Waals surface area contributed by atoms with E-state index < -0.39 is 51.4 Å². The van der Waals surface area contributed by atoms with Gasteiger partial charge in [-0.15, -0.1) is 0 Å². The topological polar surface area (TPSA) is 161 Å². The Bertz CT molecular complexity index is 3100. The van der Waals surface area contributed by atoms with Crippen molar-refractivity contribution < 1.29 is 27.9 Å². The van der Waals surface area contributed by atoms with Gasteiger partial charge in [-0.2, -0.15) is 0 Å². The first-order valence-corrected chi connectivity index (χ1v) is 35.0. The summed E-state index contributed by atoms with van der Waals surface area (Å²) >= 11 is 0. The van der Waals surface area contributed by atoms with E-state index in [-0.39, 0.29) is 69.8 Å². The van der Waals surface area contributed by atoms with E-state index in [1.165, 1.54) is 27.8 Å². The summed E-state index contributed by atoms with van der Waals surface area (Å²) in [5, 5.41) is 13.8. The normalized spacial score (nSPS) is 45.5. The lowest BCUT2D eigenvalue weighted by Gasteiger charge is -2.70. The van der Waals surface area contributed by atoms with Gasteiger partial charge >= 0.3 is 0 Å². The van der Waals surface area contributed by atoms with E-state index in [1.54, 1.807) is 0 Å². The van der Waals surface area contributed by atoms with Crippen molar-refractivity contribution in [2.45, 2.75) is 233 Å². The van der Waals surface area contributed by atoms with Gasteiger partial charge in [0.2, 0.25) is 17.7 Å². The molecular weight excluding hydrogens is 1090 g/mol. The second-order valence-corrected chi connectivity index (χ2v) is 33.7. The fourth-order valence-electron chi connectivity index (χ4n) is 25.6. The maximum absolute atomic E-state index is 16.9. The van der Waals surface area contributed by atoms with Crippen molar-refractivity contribution in [3.8, 4) is 0 Å². The molecule has 0 spiro atoms. The number of benzene rings is 3. The first-order valence-electron chi connectivity index (χ1n) is 35.0. The smallest absolute Gasteiger partial charge is 0.226 e. The number of rotatable bonds is 17. The van der Waals surface area contributed by atoms with Gasteiger partial charge < -0.3 is 37.5 Å². The average Bonchev–Trinajstić information content (AvgIpc) is 0.692. The van der Waals surface area contributed by atoms with Crippen molar-refractivity contribution in [1.29, 1.82) is 0 Å². The second-order valence-electron chi connectivity index (χ2n) is 33.7. The summed E-state index contributed by atoms with van der Waals surface area (Å²) < 4.78 is 38.8. The largest absolute Gasteiger partial charge is 0.381 e. The van der Waals surface area contributed by atoms with Crippen LogP contribution in [0.3, 0.4) is 0 Å². The summed E-state index contributed by atoms with van der Waals surface area (Å²) in [6, 6.07) is 30.2. The molecule has 8 N–H and O–H groups in total. The summed E-state index contributed by atoms with van der Waals surface area (Å²) in [5.74, 6) is 2.42. The molecule has 0 radical (unpaired) electrons. The van der Waals surface area contributed by atoms with Crippen LogP contribution in [0.4, 0.5) is 8.78 Å². The van der Waals surface area contributed by atoms with Crippen molar-refractivity contribution >= 4 is 17.7 Å². The lowest BCUT2D eigenvalue weighted by Crippen LogP contribution is -2.68. The Morgan fingerprint density at radius 1 is 0.563 bits per heavy atom. The molecule has 3 amide bonds. The first-order chi connectivity index (χ1) is 41.9. The minimum Gasteiger partial charge on any atom is -0.381 e. The lowest BCUT2D eigenvalue weighted by atomic mass is 9.33. The number of hydrogen-bond acceptors (Lipinski definition) is 7. The maximum Gasteiger partial charge on any atom is 0.226 e. The van der Waals surface area contributed by atoms with Crippen molar-refractivity contribution in [3.63, 3.8) is 0 Å². The number of amides is 3. The Morgan fingerprint density at radius 3 is 1.70 bits per heavy atom. The molecule has 18 rings (SSSR count). The molecule has 12 heteroatoms. The number of piperidine rings is 1. The van der Waals surface area contributed by atoms with E-state index in [4.69, 9.17) is 16.2 Å². The fourth-order valence-corrected chi connectivity index (χ4v) is 25.6. The number of nitrogens with two attached hydrogens (primary N) is 2. The molecule has 470 valence electrons. The minimum absolute atomic E-state index is 0.0320. The zero-order valence-electron chi connectivity index (χ0n) is 52.6. The van der Waals surface area contributed by atoms with Crippen LogP contribution in [0.5, 0.6) is 0 Å². The molecular formula is C75H102F2N6O4. The average molecular weight is 1190 g/mol. The number of carbonyl (C=O) groups excluding carboxylic acids is 3. The summed E-state index contributed by atoms with van der Waals surface area (Å²) in [6.07, 6.45) is 22.2. The first kappa shape index (κ1) is 59.1. The van der Waals surface area contributed by atoms with Crippen LogP contribution in [0.2, 0.25) is 0 Å². The van der Waals surface area contributed by atoms with E-state index in [0.717, 1.165) is 148 Å². The zero-order valence-corrected chi connectivity index (χ0v) is 52.6. The standard InChI is InChI=1S/C75H102F2N6O4/c1-3-87-48-75-42-69(54-7-5-4-6-8-54)30-53(31-71(41-69,43-75)63(84)81-58-21-9-49(32-78)10-22-58)62(75)52-13-15-56(16-14-52)72-37-67(47-76)38-73(44-72,46-74(39-67,45-72)65(86)82-59-23-11-50(33-79)12-24-59)57-19-17-55(18-20-57)68-28-51-27-66(2,35-68)36-70(29-51,40-68)64(85)83-61-25-26-80-34-60(61)77/h4-8,13-20,49-51,53,58-62,80H,3,9-12,21-48,78-79H2,1-2H3,(H,81,84)(H,82,86)(H,83,85)/t49?,50?,51?,53?,58?,59?,60-,61-,62?,66+,67+,68+,69-,70?,71?,72-,73?,74?,75+/m0/s1. The van der Waals surface area contributed by atoms with Crippen LogP contribution in [-0.4, -0.2) is 88.1 Å². The van der Waals surface area contributed by atoms with Crippen LogP contribution < -0.4 is 32.7 Å². The van der Waals surface area contributed by atoms with Crippen LogP contribution in [0.1, 0.15) is 215 Å². The number of carbonyl (C=O) groups is 3. The van der Waals surface area contributed by atoms with Gasteiger partial charge in [0.1, 0.15) is 6.17 Å². The van der Waals surface area contributed by atoms with Gasteiger partial charge in [-0.3, -0.25) is 18.8 Å². The van der Waals surface area contributed by atoms with Crippen LogP contribution in [0, 0.1) is 56.2 Å². The highest BCUT2D eigenvalue weighted by atomic mass is 19.1. The molecule has 10 nitrogen and oxygen atoms in total. The number of halogens is 2. The van der Waals surface area contributed by atoms with Crippen molar-refractivity contribution in [3.05, 3.63) is 107 Å². The third-order valence-corrected chi connectivity index (χ3v) is 27.5. The lowest BCUT2D eigenvalue weighted by molar-refractivity contribution is -0.181. The zero-order chi connectivity index (χ0) is 59.9. The van der Waals surface area contributed by atoms with E-state index in [0.29, 0.717) is 69.7 Å². The Hall–Kier alpha value is -4.23. The van der Waals surface area contributed by atoms with Crippen molar-refractivity contribution in [2.24, 2.45) is 67.6 Å². The molecule has 14 saturated carbocycles. The molecule has 12 bridgehead atoms. The predicted octanol–water partition coefficient (Wildman–Crippen LogP) is 12.1. The molecule has 1 heterocycles. The van der Waals surface area contributed by atoms with E-state index >= 15 is 18.4 Å². The van der Waals surface area contributed by atoms with E-state index in [9.17, 15) is 4.79 Å². The molecule has 1 saturated heterocycles. The Morgan fingerprint density at radius 2 is 1.11 bits per heavy atom. The molecule has 3 aromatic rings. The monoisotopic (exact) mass is 1190 g/mol. The molecule has 1 aliphatic heterocycles. The minimum atomic E-state index is -1.08. The Balaban J connectivity index is 0.769. The van der Waals surface area contributed by atoms with Crippen LogP contribution in [-0.2, 0) is 40.8 Å².